The molecule has 144 valence electrons. The first-order valence-electron chi connectivity index (χ1n) is 8.43. The molecule has 0 unspecified atom stereocenters. The molecule has 3 rings (SSSR count). The number of nitrogens with two attached hydrogens (primary N) is 1. The Kier molecular flexibility index (Phi) is 5.09. The smallest absolute Gasteiger partial charge is 0.407 e. The lowest BCUT2D eigenvalue weighted by atomic mass is 10.2. The number of carbonyl (C=O) groups is 1. The largest absolute Gasteiger partial charge is 0.444 e. The first kappa shape index (κ1) is 19.2. The summed E-state index contributed by atoms with van der Waals surface area (Å²) in [6.07, 6.45) is 5.37. The van der Waals surface area contributed by atoms with Gasteiger partial charge in [-0.1, -0.05) is 0 Å². The number of amides is 1. The van der Waals surface area contributed by atoms with E-state index in [2.05, 4.69) is 31.4 Å². The molecule has 3 aromatic heterocycles. The van der Waals surface area contributed by atoms with Crippen LogP contribution in [0.5, 0.6) is 0 Å². The minimum absolute atomic E-state index is 0.368. The fourth-order valence-corrected chi connectivity index (χ4v) is 3.03. The molecular formula is C17H22BrN7O2. The van der Waals surface area contributed by atoms with Crippen molar-refractivity contribution in [2.45, 2.75) is 32.8 Å². The van der Waals surface area contributed by atoms with Crippen molar-refractivity contribution in [2.75, 3.05) is 12.3 Å². The number of rotatable bonds is 4. The molecule has 27 heavy (non-hydrogen) atoms. The molecule has 0 radical (unpaired) electrons. The number of hydrogen-bond donors (Lipinski definition) is 2. The van der Waals surface area contributed by atoms with Crippen molar-refractivity contribution in [1.29, 1.82) is 0 Å². The minimum Gasteiger partial charge on any atom is -0.444 e. The van der Waals surface area contributed by atoms with Crippen LogP contribution >= 0.6 is 15.9 Å². The molecule has 0 bridgehead atoms. The van der Waals surface area contributed by atoms with Gasteiger partial charge in [0.15, 0.2) is 5.65 Å². The van der Waals surface area contributed by atoms with Crippen LogP contribution < -0.4 is 11.1 Å². The van der Waals surface area contributed by atoms with Crippen molar-refractivity contribution in [3.8, 4) is 11.1 Å². The standard InChI is InChI=1S/C17H22BrN7O2/c1-17(2,3)27-16(26)20-6-5-12-13(18)14(19)25-15(23-12)11(8-22-25)10-7-21-24(4)9-10/h7-9H,5-6,19H2,1-4H3,(H,20,26). The van der Waals surface area contributed by atoms with Gasteiger partial charge in [-0.15, -0.1) is 0 Å². The maximum atomic E-state index is 11.8. The molecule has 0 saturated heterocycles. The summed E-state index contributed by atoms with van der Waals surface area (Å²) >= 11 is 3.48. The van der Waals surface area contributed by atoms with Crippen LogP contribution in [0.1, 0.15) is 26.5 Å². The van der Waals surface area contributed by atoms with Gasteiger partial charge in [0.1, 0.15) is 11.4 Å². The molecule has 0 atom stereocenters. The van der Waals surface area contributed by atoms with Crippen LogP contribution in [0, 0.1) is 0 Å². The average Bonchev–Trinajstić information content (AvgIpc) is 3.16. The number of nitrogens with zero attached hydrogens (tertiary/aromatic N) is 5. The predicted molar refractivity (Wildman–Crippen MR) is 105 cm³/mol. The molecule has 0 aliphatic heterocycles. The highest BCUT2D eigenvalue weighted by atomic mass is 79.9. The molecule has 0 spiro atoms. The summed E-state index contributed by atoms with van der Waals surface area (Å²) in [5.41, 5.74) is 8.77. The zero-order valence-electron chi connectivity index (χ0n) is 15.7. The summed E-state index contributed by atoms with van der Waals surface area (Å²) in [6.45, 7) is 5.82. The molecule has 0 saturated carbocycles. The Morgan fingerprint density at radius 1 is 1.33 bits per heavy atom. The van der Waals surface area contributed by atoms with E-state index in [9.17, 15) is 4.79 Å². The van der Waals surface area contributed by atoms with Gasteiger partial charge in [0.2, 0.25) is 0 Å². The number of nitrogen functional groups attached to an aromatic ring is 1. The average molecular weight is 436 g/mol. The third-order valence-electron chi connectivity index (χ3n) is 3.74. The van der Waals surface area contributed by atoms with E-state index < -0.39 is 11.7 Å². The van der Waals surface area contributed by atoms with Crippen LogP contribution in [0.2, 0.25) is 0 Å². The molecule has 0 aromatic carbocycles. The van der Waals surface area contributed by atoms with Crippen LogP contribution in [0.25, 0.3) is 16.8 Å². The highest BCUT2D eigenvalue weighted by Crippen LogP contribution is 2.29. The Bertz CT molecular complexity index is 987. The monoisotopic (exact) mass is 435 g/mol. The SMILES string of the molecule is Cn1cc(-c2cnn3c(N)c(Br)c(CCNC(=O)OC(C)(C)C)nc23)cn1. The van der Waals surface area contributed by atoms with Crippen molar-refractivity contribution in [3.63, 3.8) is 0 Å². The van der Waals surface area contributed by atoms with Crippen molar-refractivity contribution in [1.82, 2.24) is 29.7 Å². The number of aromatic nitrogens is 5. The number of alkyl carbamates (subject to hydrolysis) is 1. The molecular weight excluding hydrogens is 414 g/mol. The van der Waals surface area contributed by atoms with E-state index in [0.29, 0.717) is 28.9 Å². The van der Waals surface area contributed by atoms with Gasteiger partial charge < -0.3 is 15.8 Å². The van der Waals surface area contributed by atoms with Gasteiger partial charge in [0.05, 0.1) is 22.6 Å². The lowest BCUT2D eigenvalue weighted by Gasteiger charge is -2.19. The Balaban J connectivity index is 1.83. The summed E-state index contributed by atoms with van der Waals surface area (Å²) in [5, 5.41) is 11.2. The summed E-state index contributed by atoms with van der Waals surface area (Å²) < 4.78 is 9.19. The molecule has 10 heteroatoms. The quantitative estimate of drug-likeness (QED) is 0.650. The molecule has 3 aromatic rings. The number of ether oxygens (including phenoxy) is 1. The summed E-state index contributed by atoms with van der Waals surface area (Å²) in [5.74, 6) is 0.447. The lowest BCUT2D eigenvalue weighted by Crippen LogP contribution is -2.33. The highest BCUT2D eigenvalue weighted by molar-refractivity contribution is 9.10. The third kappa shape index (κ3) is 4.21. The number of anilines is 1. The van der Waals surface area contributed by atoms with Gasteiger partial charge in [-0.3, -0.25) is 4.68 Å². The Hall–Kier alpha value is -2.62. The van der Waals surface area contributed by atoms with Crippen LogP contribution in [0.15, 0.2) is 23.1 Å². The van der Waals surface area contributed by atoms with Gasteiger partial charge >= 0.3 is 6.09 Å². The van der Waals surface area contributed by atoms with Crippen LogP contribution in [-0.2, 0) is 18.2 Å². The van der Waals surface area contributed by atoms with Crippen molar-refractivity contribution in [3.05, 3.63) is 28.8 Å². The van der Waals surface area contributed by atoms with Gasteiger partial charge in [0.25, 0.3) is 0 Å². The molecule has 9 nitrogen and oxygen atoms in total. The topological polar surface area (TPSA) is 112 Å². The fraction of sp³-hybridized carbons (Fsp3) is 0.412. The van der Waals surface area contributed by atoms with Crippen LogP contribution in [0.3, 0.4) is 0 Å². The van der Waals surface area contributed by atoms with Gasteiger partial charge in [-0.25, -0.2) is 9.78 Å². The number of carbonyl (C=O) groups excluding carboxylic acids is 1. The van der Waals surface area contributed by atoms with E-state index in [1.165, 1.54) is 0 Å². The number of hydrogen-bond acceptors (Lipinski definition) is 6. The zero-order valence-corrected chi connectivity index (χ0v) is 17.2. The number of halogens is 1. The van der Waals surface area contributed by atoms with Gasteiger partial charge in [0, 0.05) is 37.3 Å². The van der Waals surface area contributed by atoms with Gasteiger partial charge in [-0.2, -0.15) is 14.7 Å². The van der Waals surface area contributed by atoms with Crippen LogP contribution in [0.4, 0.5) is 10.6 Å². The van der Waals surface area contributed by atoms with E-state index in [1.54, 1.807) is 21.6 Å². The second-order valence-corrected chi connectivity index (χ2v) is 7.93. The second kappa shape index (κ2) is 7.18. The normalized spacial score (nSPS) is 11.7. The number of nitrogens with one attached hydrogen (secondary N) is 1. The van der Waals surface area contributed by atoms with Gasteiger partial charge in [-0.05, 0) is 36.7 Å². The summed E-state index contributed by atoms with van der Waals surface area (Å²) in [6, 6.07) is 0. The molecule has 3 N–H and O–H groups in total. The number of aryl methyl sites for hydroxylation is 1. The first-order valence-corrected chi connectivity index (χ1v) is 9.22. The Morgan fingerprint density at radius 3 is 2.70 bits per heavy atom. The molecule has 0 aliphatic carbocycles. The molecule has 1 amide bonds. The van der Waals surface area contributed by atoms with E-state index in [0.717, 1.165) is 16.8 Å². The predicted octanol–water partition coefficient (Wildman–Crippen LogP) is 2.54. The Labute approximate surface area is 165 Å². The first-order chi connectivity index (χ1) is 12.7. The van der Waals surface area contributed by atoms with Crippen LogP contribution in [-0.4, -0.2) is 42.6 Å². The number of fused-ring (bicyclic) bond motifs is 1. The molecule has 0 aliphatic rings. The molecule has 0 fully saturated rings. The summed E-state index contributed by atoms with van der Waals surface area (Å²) in [4.78, 5) is 16.5. The fourth-order valence-electron chi connectivity index (χ4n) is 2.57. The lowest BCUT2D eigenvalue weighted by molar-refractivity contribution is 0.0528. The maximum Gasteiger partial charge on any atom is 0.407 e. The van der Waals surface area contributed by atoms with Crippen molar-refractivity contribution in [2.24, 2.45) is 7.05 Å². The minimum atomic E-state index is -0.539. The highest BCUT2D eigenvalue weighted by Gasteiger charge is 2.18. The van der Waals surface area contributed by atoms with E-state index in [4.69, 9.17) is 15.5 Å². The van der Waals surface area contributed by atoms with E-state index >= 15 is 0 Å². The van der Waals surface area contributed by atoms with E-state index in [-0.39, 0.29) is 0 Å². The second-order valence-electron chi connectivity index (χ2n) is 7.13. The zero-order chi connectivity index (χ0) is 19.8. The Morgan fingerprint density at radius 2 is 2.07 bits per heavy atom. The summed E-state index contributed by atoms with van der Waals surface area (Å²) in [7, 11) is 1.85. The maximum absolute atomic E-state index is 11.8. The third-order valence-corrected chi connectivity index (χ3v) is 4.60. The molecule has 3 heterocycles. The van der Waals surface area contributed by atoms with Crippen molar-refractivity contribution >= 4 is 33.5 Å². The van der Waals surface area contributed by atoms with E-state index in [1.807, 2.05) is 34.0 Å². The van der Waals surface area contributed by atoms with Crippen molar-refractivity contribution < 1.29 is 9.53 Å².